The second kappa shape index (κ2) is 5.46. The van der Waals surface area contributed by atoms with E-state index in [1.54, 1.807) is 0 Å². The predicted octanol–water partition coefficient (Wildman–Crippen LogP) is 1.64. The zero-order chi connectivity index (χ0) is 12.1. The standard InChI is InChI=1S/C11H15N3OS/c1-7-4-5-10(8(2)6-7)12-11(16)14-13-9(3)15/h4-6H,1-3H3,(H,13,15)(H2,12,14,16). The highest BCUT2D eigenvalue weighted by molar-refractivity contribution is 7.80. The fourth-order valence-electron chi connectivity index (χ4n) is 1.25. The summed E-state index contributed by atoms with van der Waals surface area (Å²) in [6, 6.07) is 6.01. The molecule has 0 fully saturated rings. The van der Waals surface area contributed by atoms with Crippen LogP contribution in [0.5, 0.6) is 0 Å². The van der Waals surface area contributed by atoms with Crippen LogP contribution in [-0.4, -0.2) is 11.0 Å². The molecule has 1 aromatic rings. The summed E-state index contributed by atoms with van der Waals surface area (Å²) >= 11 is 5.01. The van der Waals surface area contributed by atoms with E-state index in [-0.39, 0.29) is 5.91 Å². The number of amides is 1. The Morgan fingerprint density at radius 3 is 2.50 bits per heavy atom. The predicted molar refractivity (Wildman–Crippen MR) is 69.1 cm³/mol. The van der Waals surface area contributed by atoms with Gasteiger partial charge < -0.3 is 5.32 Å². The summed E-state index contributed by atoms with van der Waals surface area (Å²) in [5.74, 6) is -0.190. The van der Waals surface area contributed by atoms with E-state index in [1.165, 1.54) is 12.5 Å². The van der Waals surface area contributed by atoms with Crippen molar-refractivity contribution in [3.8, 4) is 0 Å². The lowest BCUT2D eigenvalue weighted by atomic mass is 10.1. The van der Waals surface area contributed by atoms with Gasteiger partial charge in [-0.2, -0.15) is 0 Å². The number of hydrogen-bond donors (Lipinski definition) is 3. The summed E-state index contributed by atoms with van der Waals surface area (Å²) in [6.45, 7) is 5.44. The Kier molecular flexibility index (Phi) is 4.25. The minimum Gasteiger partial charge on any atom is -0.331 e. The van der Waals surface area contributed by atoms with Crippen LogP contribution in [0, 0.1) is 13.8 Å². The lowest BCUT2D eigenvalue weighted by Gasteiger charge is -2.12. The van der Waals surface area contributed by atoms with Gasteiger partial charge in [0.1, 0.15) is 0 Å². The van der Waals surface area contributed by atoms with E-state index in [2.05, 4.69) is 22.2 Å². The van der Waals surface area contributed by atoms with E-state index in [0.717, 1.165) is 11.3 Å². The second-order valence-electron chi connectivity index (χ2n) is 3.58. The maximum atomic E-state index is 10.7. The Morgan fingerprint density at radius 1 is 1.25 bits per heavy atom. The van der Waals surface area contributed by atoms with E-state index >= 15 is 0 Å². The van der Waals surface area contributed by atoms with Gasteiger partial charge in [0, 0.05) is 12.6 Å². The Morgan fingerprint density at radius 2 is 1.94 bits per heavy atom. The van der Waals surface area contributed by atoms with Gasteiger partial charge in [0.25, 0.3) is 0 Å². The minimum atomic E-state index is -0.190. The molecule has 16 heavy (non-hydrogen) atoms. The first-order chi connectivity index (χ1) is 7.49. The van der Waals surface area contributed by atoms with Crippen LogP contribution in [0.25, 0.3) is 0 Å². The maximum absolute atomic E-state index is 10.7. The van der Waals surface area contributed by atoms with Crippen molar-refractivity contribution in [1.82, 2.24) is 10.9 Å². The molecule has 86 valence electrons. The Labute approximate surface area is 100 Å². The molecule has 0 saturated carbocycles. The summed E-state index contributed by atoms with van der Waals surface area (Å²) in [5, 5.41) is 3.36. The van der Waals surface area contributed by atoms with Gasteiger partial charge in [0.2, 0.25) is 5.91 Å². The normalized spacial score (nSPS) is 9.44. The van der Waals surface area contributed by atoms with Crippen molar-refractivity contribution in [1.29, 1.82) is 0 Å². The molecular weight excluding hydrogens is 222 g/mol. The van der Waals surface area contributed by atoms with Gasteiger partial charge in [-0.15, -0.1) is 0 Å². The third-order valence-electron chi connectivity index (χ3n) is 1.98. The first-order valence-electron chi connectivity index (χ1n) is 4.90. The highest BCUT2D eigenvalue weighted by Crippen LogP contribution is 2.15. The van der Waals surface area contributed by atoms with E-state index in [4.69, 9.17) is 12.2 Å². The number of carbonyl (C=O) groups excluding carboxylic acids is 1. The molecule has 3 N–H and O–H groups in total. The van der Waals surface area contributed by atoms with Crippen LogP contribution in [0.2, 0.25) is 0 Å². The molecule has 0 atom stereocenters. The van der Waals surface area contributed by atoms with Crippen LogP contribution < -0.4 is 16.2 Å². The van der Waals surface area contributed by atoms with Crippen molar-refractivity contribution < 1.29 is 4.79 Å². The zero-order valence-electron chi connectivity index (χ0n) is 9.55. The average molecular weight is 237 g/mol. The van der Waals surface area contributed by atoms with Gasteiger partial charge in [-0.25, -0.2) is 0 Å². The van der Waals surface area contributed by atoms with Crippen LogP contribution in [0.3, 0.4) is 0 Å². The molecule has 0 heterocycles. The van der Waals surface area contributed by atoms with Crippen molar-refractivity contribution in [2.24, 2.45) is 0 Å². The van der Waals surface area contributed by atoms with E-state index in [1.807, 2.05) is 26.0 Å². The molecule has 0 radical (unpaired) electrons. The van der Waals surface area contributed by atoms with Gasteiger partial charge in [-0.05, 0) is 37.7 Å². The van der Waals surface area contributed by atoms with E-state index < -0.39 is 0 Å². The summed E-state index contributed by atoms with van der Waals surface area (Å²) in [7, 11) is 0. The number of nitrogens with one attached hydrogen (secondary N) is 3. The van der Waals surface area contributed by atoms with E-state index in [9.17, 15) is 4.79 Å². The average Bonchev–Trinajstić information content (AvgIpc) is 2.19. The Balaban J connectivity index is 2.59. The van der Waals surface area contributed by atoms with Crippen LogP contribution in [0.15, 0.2) is 18.2 Å². The molecule has 0 unspecified atom stereocenters. The number of anilines is 1. The van der Waals surface area contributed by atoms with Crippen molar-refractivity contribution >= 4 is 28.9 Å². The molecule has 0 aliphatic carbocycles. The lowest BCUT2D eigenvalue weighted by molar-refractivity contribution is -0.119. The lowest BCUT2D eigenvalue weighted by Crippen LogP contribution is -2.42. The van der Waals surface area contributed by atoms with E-state index in [0.29, 0.717) is 5.11 Å². The summed E-state index contributed by atoms with van der Waals surface area (Å²) in [4.78, 5) is 10.7. The Hall–Kier alpha value is -1.62. The highest BCUT2D eigenvalue weighted by Gasteiger charge is 2.01. The molecule has 1 rings (SSSR count). The number of benzene rings is 1. The summed E-state index contributed by atoms with van der Waals surface area (Å²) < 4.78 is 0. The van der Waals surface area contributed by atoms with Crippen molar-refractivity contribution in [2.45, 2.75) is 20.8 Å². The second-order valence-corrected chi connectivity index (χ2v) is 3.99. The molecule has 0 aromatic heterocycles. The van der Waals surface area contributed by atoms with Gasteiger partial charge in [-0.3, -0.25) is 15.6 Å². The summed E-state index contributed by atoms with van der Waals surface area (Å²) in [6.07, 6.45) is 0. The number of hydrazine groups is 1. The number of thiocarbonyl (C=S) groups is 1. The molecule has 0 spiro atoms. The number of hydrogen-bond acceptors (Lipinski definition) is 2. The molecule has 1 amide bonds. The fraction of sp³-hybridized carbons (Fsp3) is 0.273. The van der Waals surface area contributed by atoms with Gasteiger partial charge in [-0.1, -0.05) is 17.7 Å². The van der Waals surface area contributed by atoms with Gasteiger partial charge in [0.15, 0.2) is 5.11 Å². The van der Waals surface area contributed by atoms with Crippen molar-refractivity contribution in [3.63, 3.8) is 0 Å². The van der Waals surface area contributed by atoms with Crippen molar-refractivity contribution in [3.05, 3.63) is 29.3 Å². The molecule has 0 bridgehead atoms. The van der Waals surface area contributed by atoms with Crippen LogP contribution in [0.1, 0.15) is 18.1 Å². The van der Waals surface area contributed by atoms with Crippen LogP contribution in [-0.2, 0) is 4.79 Å². The smallest absolute Gasteiger partial charge is 0.235 e. The first kappa shape index (κ1) is 12.4. The maximum Gasteiger partial charge on any atom is 0.235 e. The zero-order valence-corrected chi connectivity index (χ0v) is 10.4. The number of rotatable bonds is 1. The topological polar surface area (TPSA) is 53.2 Å². The highest BCUT2D eigenvalue weighted by atomic mass is 32.1. The largest absolute Gasteiger partial charge is 0.331 e. The van der Waals surface area contributed by atoms with Crippen molar-refractivity contribution in [2.75, 3.05) is 5.32 Å². The monoisotopic (exact) mass is 237 g/mol. The molecular formula is C11H15N3OS. The fourth-order valence-corrected chi connectivity index (χ4v) is 1.41. The van der Waals surface area contributed by atoms with Gasteiger partial charge >= 0.3 is 0 Å². The third-order valence-corrected chi connectivity index (χ3v) is 2.19. The molecule has 1 aromatic carbocycles. The third kappa shape index (κ3) is 3.86. The quantitative estimate of drug-likeness (QED) is 0.513. The Bertz CT molecular complexity index is 418. The molecule has 4 nitrogen and oxygen atoms in total. The molecule has 5 heteroatoms. The SMILES string of the molecule is CC(=O)NNC(=S)Nc1ccc(C)cc1C. The molecule has 0 saturated heterocycles. The number of aryl methyl sites for hydroxylation is 2. The van der Waals surface area contributed by atoms with Crippen LogP contribution >= 0.6 is 12.2 Å². The molecule has 0 aliphatic heterocycles. The molecule has 0 aliphatic rings. The first-order valence-corrected chi connectivity index (χ1v) is 5.30. The summed E-state index contributed by atoms with van der Waals surface area (Å²) in [5.41, 5.74) is 8.22. The minimum absolute atomic E-state index is 0.190. The van der Waals surface area contributed by atoms with Crippen LogP contribution in [0.4, 0.5) is 5.69 Å². The van der Waals surface area contributed by atoms with Gasteiger partial charge in [0.05, 0.1) is 0 Å². The number of carbonyl (C=O) groups is 1.